The minimum absolute atomic E-state index is 0.0734. The van der Waals surface area contributed by atoms with Crippen molar-refractivity contribution in [1.82, 2.24) is 5.16 Å². The van der Waals surface area contributed by atoms with Gasteiger partial charge in [-0.25, -0.2) is 0 Å². The van der Waals surface area contributed by atoms with Crippen LogP contribution < -0.4 is 0 Å². The van der Waals surface area contributed by atoms with E-state index in [2.05, 4.69) is 5.16 Å². The largest absolute Gasteiger partial charge is 0.390 e. The molecule has 0 aliphatic carbocycles. The molecular weight excluding hydrogens is 154 g/mol. The lowest BCUT2D eigenvalue weighted by molar-refractivity contribution is 0.269. The molecular formula is C9H9NO2. The second-order valence-corrected chi connectivity index (χ2v) is 2.79. The summed E-state index contributed by atoms with van der Waals surface area (Å²) in [5.74, 6) is 0. The van der Waals surface area contributed by atoms with Crippen LogP contribution in [0.2, 0.25) is 0 Å². The molecule has 0 saturated heterocycles. The van der Waals surface area contributed by atoms with E-state index >= 15 is 0 Å². The Morgan fingerprint density at radius 2 is 2.33 bits per heavy atom. The Hall–Kier alpha value is -1.35. The lowest BCUT2D eigenvalue weighted by Gasteiger charge is -1.90. The van der Waals surface area contributed by atoms with Gasteiger partial charge in [-0.1, -0.05) is 11.2 Å². The zero-order valence-corrected chi connectivity index (χ0v) is 6.74. The van der Waals surface area contributed by atoms with Crippen LogP contribution in [-0.4, -0.2) is 10.3 Å². The predicted octanol–water partition coefficient (Wildman–Crippen LogP) is 1.63. The van der Waals surface area contributed by atoms with E-state index in [1.54, 1.807) is 0 Å². The van der Waals surface area contributed by atoms with Crippen molar-refractivity contribution in [2.45, 2.75) is 13.5 Å². The van der Waals surface area contributed by atoms with Gasteiger partial charge in [-0.3, -0.25) is 0 Å². The quantitative estimate of drug-likeness (QED) is 0.695. The number of aryl methyl sites for hydroxylation is 1. The SMILES string of the molecule is Cc1ccc2c(CO)noc2c1. The van der Waals surface area contributed by atoms with Crippen LogP contribution in [0.25, 0.3) is 11.0 Å². The van der Waals surface area contributed by atoms with Crippen LogP contribution in [0, 0.1) is 6.92 Å². The van der Waals surface area contributed by atoms with Crippen molar-refractivity contribution < 1.29 is 9.63 Å². The van der Waals surface area contributed by atoms with Crippen LogP contribution in [0.4, 0.5) is 0 Å². The van der Waals surface area contributed by atoms with Crippen molar-refractivity contribution in [3.63, 3.8) is 0 Å². The molecule has 1 N–H and O–H groups in total. The molecule has 2 aromatic rings. The Morgan fingerprint density at radius 1 is 1.50 bits per heavy atom. The molecule has 0 fully saturated rings. The molecule has 1 heterocycles. The number of aromatic nitrogens is 1. The first-order valence-electron chi connectivity index (χ1n) is 3.77. The summed E-state index contributed by atoms with van der Waals surface area (Å²) in [4.78, 5) is 0. The van der Waals surface area contributed by atoms with E-state index in [0.29, 0.717) is 5.69 Å². The van der Waals surface area contributed by atoms with Crippen molar-refractivity contribution in [1.29, 1.82) is 0 Å². The Morgan fingerprint density at radius 3 is 3.08 bits per heavy atom. The lowest BCUT2D eigenvalue weighted by atomic mass is 10.1. The number of nitrogens with zero attached hydrogens (tertiary/aromatic N) is 1. The first-order chi connectivity index (χ1) is 5.81. The Labute approximate surface area is 69.6 Å². The van der Waals surface area contributed by atoms with Gasteiger partial charge in [-0.2, -0.15) is 0 Å². The van der Waals surface area contributed by atoms with Crippen molar-refractivity contribution in [3.05, 3.63) is 29.5 Å². The van der Waals surface area contributed by atoms with Crippen LogP contribution in [0.5, 0.6) is 0 Å². The highest BCUT2D eigenvalue weighted by atomic mass is 16.5. The number of hydrogen-bond donors (Lipinski definition) is 1. The summed E-state index contributed by atoms with van der Waals surface area (Å²) < 4.78 is 5.01. The van der Waals surface area contributed by atoms with E-state index in [1.807, 2.05) is 25.1 Å². The third kappa shape index (κ3) is 0.987. The van der Waals surface area contributed by atoms with Crippen LogP contribution in [-0.2, 0) is 6.61 Å². The molecule has 0 atom stereocenters. The van der Waals surface area contributed by atoms with Crippen LogP contribution in [0.15, 0.2) is 22.7 Å². The summed E-state index contributed by atoms with van der Waals surface area (Å²) in [6.07, 6.45) is 0. The normalized spacial score (nSPS) is 10.8. The summed E-state index contributed by atoms with van der Waals surface area (Å²) in [7, 11) is 0. The number of benzene rings is 1. The number of aliphatic hydroxyl groups is 1. The van der Waals surface area contributed by atoms with Gasteiger partial charge in [0.05, 0.1) is 6.61 Å². The van der Waals surface area contributed by atoms with Gasteiger partial charge in [0.1, 0.15) is 5.69 Å². The fourth-order valence-corrected chi connectivity index (χ4v) is 1.21. The fraction of sp³-hybridized carbons (Fsp3) is 0.222. The van der Waals surface area contributed by atoms with Gasteiger partial charge in [0, 0.05) is 5.39 Å². The van der Waals surface area contributed by atoms with E-state index in [-0.39, 0.29) is 6.61 Å². The smallest absolute Gasteiger partial charge is 0.167 e. The van der Waals surface area contributed by atoms with E-state index in [0.717, 1.165) is 16.5 Å². The molecule has 0 bridgehead atoms. The van der Waals surface area contributed by atoms with Crippen molar-refractivity contribution in [2.75, 3.05) is 0 Å². The first kappa shape index (κ1) is 7.31. The minimum atomic E-state index is -0.0734. The average molecular weight is 163 g/mol. The Bertz CT molecular complexity index is 406. The van der Waals surface area contributed by atoms with Gasteiger partial charge in [-0.05, 0) is 24.6 Å². The maximum Gasteiger partial charge on any atom is 0.167 e. The Kier molecular flexibility index (Phi) is 1.59. The molecule has 1 aromatic carbocycles. The average Bonchev–Trinajstić information content (AvgIpc) is 2.46. The van der Waals surface area contributed by atoms with Gasteiger partial charge in [0.15, 0.2) is 5.58 Å². The standard InChI is InChI=1S/C9H9NO2/c1-6-2-3-7-8(5-11)10-12-9(7)4-6/h2-4,11H,5H2,1H3. The third-order valence-corrected chi connectivity index (χ3v) is 1.85. The van der Waals surface area contributed by atoms with Gasteiger partial charge >= 0.3 is 0 Å². The molecule has 1 aromatic heterocycles. The van der Waals surface area contributed by atoms with E-state index in [1.165, 1.54) is 0 Å². The van der Waals surface area contributed by atoms with Gasteiger partial charge < -0.3 is 9.63 Å². The molecule has 0 amide bonds. The second-order valence-electron chi connectivity index (χ2n) is 2.79. The van der Waals surface area contributed by atoms with Crippen LogP contribution in [0.1, 0.15) is 11.3 Å². The number of fused-ring (bicyclic) bond motifs is 1. The maximum absolute atomic E-state index is 8.87. The van der Waals surface area contributed by atoms with Crippen LogP contribution >= 0.6 is 0 Å². The summed E-state index contributed by atoms with van der Waals surface area (Å²) in [5, 5.41) is 13.5. The molecule has 0 spiro atoms. The second kappa shape index (κ2) is 2.60. The molecule has 3 heteroatoms. The highest BCUT2D eigenvalue weighted by Crippen LogP contribution is 2.19. The van der Waals surface area contributed by atoms with E-state index in [4.69, 9.17) is 9.63 Å². The minimum Gasteiger partial charge on any atom is -0.390 e. The van der Waals surface area contributed by atoms with Crippen molar-refractivity contribution in [2.24, 2.45) is 0 Å². The molecule has 12 heavy (non-hydrogen) atoms. The first-order valence-corrected chi connectivity index (χ1v) is 3.77. The molecule has 0 aliphatic rings. The molecule has 0 saturated carbocycles. The lowest BCUT2D eigenvalue weighted by Crippen LogP contribution is -1.81. The molecule has 0 radical (unpaired) electrons. The van der Waals surface area contributed by atoms with Crippen LogP contribution in [0.3, 0.4) is 0 Å². The van der Waals surface area contributed by atoms with Gasteiger partial charge in [-0.15, -0.1) is 0 Å². The molecule has 2 rings (SSSR count). The Balaban J connectivity index is 2.73. The number of aliphatic hydroxyl groups excluding tert-OH is 1. The summed E-state index contributed by atoms with van der Waals surface area (Å²) in [6, 6.07) is 5.78. The molecule has 3 nitrogen and oxygen atoms in total. The number of hydrogen-bond acceptors (Lipinski definition) is 3. The molecule has 0 unspecified atom stereocenters. The summed E-state index contributed by atoms with van der Waals surface area (Å²) >= 11 is 0. The van der Waals surface area contributed by atoms with Crippen molar-refractivity contribution in [3.8, 4) is 0 Å². The molecule has 0 aliphatic heterocycles. The van der Waals surface area contributed by atoms with E-state index < -0.39 is 0 Å². The van der Waals surface area contributed by atoms with Crippen molar-refractivity contribution >= 4 is 11.0 Å². The predicted molar refractivity (Wildman–Crippen MR) is 44.7 cm³/mol. The maximum atomic E-state index is 8.87. The van der Waals surface area contributed by atoms with Gasteiger partial charge in [0.25, 0.3) is 0 Å². The summed E-state index contributed by atoms with van der Waals surface area (Å²) in [5.41, 5.74) is 2.46. The molecule has 62 valence electrons. The third-order valence-electron chi connectivity index (χ3n) is 1.85. The zero-order chi connectivity index (χ0) is 8.55. The zero-order valence-electron chi connectivity index (χ0n) is 6.74. The monoisotopic (exact) mass is 163 g/mol. The highest BCUT2D eigenvalue weighted by molar-refractivity contribution is 5.79. The van der Waals surface area contributed by atoms with E-state index in [9.17, 15) is 0 Å². The summed E-state index contributed by atoms with van der Waals surface area (Å²) in [6.45, 7) is 1.91. The number of rotatable bonds is 1. The topological polar surface area (TPSA) is 46.3 Å². The van der Waals surface area contributed by atoms with Gasteiger partial charge in [0.2, 0.25) is 0 Å². The highest BCUT2D eigenvalue weighted by Gasteiger charge is 2.05. The fourth-order valence-electron chi connectivity index (χ4n) is 1.21.